The molecule has 33 heavy (non-hydrogen) atoms. The number of hydrogen-bond donors (Lipinski definition) is 2. The van der Waals surface area contributed by atoms with Gasteiger partial charge in [-0.05, 0) is 55.0 Å². The molecule has 8 heteroatoms. The topological polar surface area (TPSA) is 96.3 Å². The van der Waals surface area contributed by atoms with E-state index in [2.05, 4.69) is 20.2 Å². The quantitative estimate of drug-likeness (QED) is 0.464. The van der Waals surface area contributed by atoms with Crippen molar-refractivity contribution < 1.29 is 14.4 Å². The van der Waals surface area contributed by atoms with Gasteiger partial charge in [0.15, 0.2) is 0 Å². The Balaban J connectivity index is 1.36. The first-order valence-electron chi connectivity index (χ1n) is 10.5. The minimum absolute atomic E-state index is 0.0112. The summed E-state index contributed by atoms with van der Waals surface area (Å²) < 4.78 is 2.05. The lowest BCUT2D eigenvalue weighted by Gasteiger charge is -2.13. The standard InChI is InChI=1S/C25H21N5O3/c1-16-27-21-13-18(10-11-22(21)30(16)20-8-3-2-4-9-20)24(32)28-19-7-5-6-17(12-19)15-29-23(31)14-26-25(29)33/h2-13H,14-15H2,1H3,(H,26,33)(H,28,32). The van der Waals surface area contributed by atoms with Crippen molar-refractivity contribution in [2.75, 3.05) is 11.9 Å². The highest BCUT2D eigenvalue weighted by Crippen LogP contribution is 2.23. The molecule has 0 atom stereocenters. The monoisotopic (exact) mass is 439 g/mol. The summed E-state index contributed by atoms with van der Waals surface area (Å²) in [7, 11) is 0. The Bertz CT molecular complexity index is 1380. The molecule has 2 heterocycles. The lowest BCUT2D eigenvalue weighted by Crippen LogP contribution is -2.30. The molecule has 4 aromatic rings. The fourth-order valence-electron chi connectivity index (χ4n) is 3.99. The molecular weight excluding hydrogens is 418 g/mol. The number of rotatable bonds is 5. The molecule has 3 aromatic carbocycles. The number of imide groups is 1. The van der Waals surface area contributed by atoms with Crippen molar-refractivity contribution in [1.82, 2.24) is 19.8 Å². The molecule has 0 radical (unpaired) electrons. The molecule has 1 aromatic heterocycles. The second kappa shape index (κ2) is 8.23. The van der Waals surface area contributed by atoms with Crippen LogP contribution < -0.4 is 10.6 Å². The second-order valence-corrected chi connectivity index (χ2v) is 7.83. The van der Waals surface area contributed by atoms with Crippen molar-refractivity contribution in [3.63, 3.8) is 0 Å². The third-order valence-electron chi connectivity index (χ3n) is 5.56. The summed E-state index contributed by atoms with van der Waals surface area (Å²) in [5, 5.41) is 5.38. The Morgan fingerprint density at radius 3 is 2.61 bits per heavy atom. The van der Waals surface area contributed by atoms with Crippen LogP contribution >= 0.6 is 0 Å². The average molecular weight is 439 g/mol. The van der Waals surface area contributed by atoms with Crippen LogP contribution in [0.15, 0.2) is 72.8 Å². The largest absolute Gasteiger partial charge is 0.329 e. The van der Waals surface area contributed by atoms with E-state index in [4.69, 9.17) is 0 Å². The average Bonchev–Trinajstić information content (AvgIpc) is 3.32. The number of carbonyl (C=O) groups is 3. The molecule has 8 nitrogen and oxygen atoms in total. The Morgan fingerprint density at radius 1 is 1.03 bits per heavy atom. The molecule has 1 fully saturated rings. The van der Waals surface area contributed by atoms with Crippen LogP contribution in [0.2, 0.25) is 0 Å². The molecule has 0 saturated carbocycles. The highest BCUT2D eigenvalue weighted by atomic mass is 16.2. The highest BCUT2D eigenvalue weighted by molar-refractivity contribution is 6.06. The van der Waals surface area contributed by atoms with Crippen LogP contribution in [0.5, 0.6) is 0 Å². The first-order valence-corrected chi connectivity index (χ1v) is 10.5. The number of nitrogens with zero attached hydrogens (tertiary/aromatic N) is 3. The van der Waals surface area contributed by atoms with Crippen LogP contribution in [0.25, 0.3) is 16.7 Å². The number of fused-ring (bicyclic) bond motifs is 1. The number of para-hydroxylation sites is 1. The fraction of sp³-hybridized carbons (Fsp3) is 0.120. The molecule has 4 amide bonds. The molecule has 0 aliphatic carbocycles. The molecule has 5 rings (SSSR count). The van der Waals surface area contributed by atoms with Gasteiger partial charge in [0, 0.05) is 16.9 Å². The number of anilines is 1. The Labute approximate surface area is 189 Å². The number of carbonyl (C=O) groups excluding carboxylic acids is 3. The Kier molecular flexibility index (Phi) is 5.10. The van der Waals surface area contributed by atoms with E-state index in [0.29, 0.717) is 11.3 Å². The maximum Gasteiger partial charge on any atom is 0.324 e. The molecule has 1 aliphatic heterocycles. The van der Waals surface area contributed by atoms with Gasteiger partial charge in [-0.15, -0.1) is 0 Å². The smallest absolute Gasteiger partial charge is 0.324 e. The zero-order chi connectivity index (χ0) is 22.9. The lowest BCUT2D eigenvalue weighted by molar-refractivity contribution is -0.125. The van der Waals surface area contributed by atoms with Gasteiger partial charge in [0.05, 0.1) is 24.1 Å². The van der Waals surface area contributed by atoms with E-state index in [9.17, 15) is 14.4 Å². The van der Waals surface area contributed by atoms with E-state index in [1.54, 1.807) is 36.4 Å². The van der Waals surface area contributed by atoms with Gasteiger partial charge in [0.2, 0.25) is 5.91 Å². The maximum atomic E-state index is 12.9. The summed E-state index contributed by atoms with van der Waals surface area (Å²) in [5.41, 5.74) is 4.47. The van der Waals surface area contributed by atoms with Crippen LogP contribution in [0.4, 0.5) is 10.5 Å². The summed E-state index contributed by atoms with van der Waals surface area (Å²) in [5.74, 6) is 0.297. The van der Waals surface area contributed by atoms with E-state index < -0.39 is 6.03 Å². The predicted molar refractivity (Wildman–Crippen MR) is 124 cm³/mol. The van der Waals surface area contributed by atoms with Crippen molar-refractivity contribution in [2.45, 2.75) is 13.5 Å². The number of nitrogens with one attached hydrogen (secondary N) is 2. The van der Waals surface area contributed by atoms with Crippen molar-refractivity contribution in [3.8, 4) is 5.69 Å². The lowest BCUT2D eigenvalue weighted by atomic mass is 10.1. The van der Waals surface area contributed by atoms with Gasteiger partial charge in [0.1, 0.15) is 5.82 Å². The molecule has 1 aliphatic rings. The third-order valence-corrected chi connectivity index (χ3v) is 5.56. The van der Waals surface area contributed by atoms with Crippen LogP contribution in [-0.2, 0) is 11.3 Å². The zero-order valence-corrected chi connectivity index (χ0v) is 17.9. The summed E-state index contributed by atoms with van der Waals surface area (Å²) in [6.45, 7) is 2.09. The van der Waals surface area contributed by atoms with E-state index in [1.807, 2.05) is 43.3 Å². The highest BCUT2D eigenvalue weighted by Gasteiger charge is 2.28. The van der Waals surface area contributed by atoms with E-state index >= 15 is 0 Å². The molecular formula is C25H21N5O3. The van der Waals surface area contributed by atoms with Crippen molar-refractivity contribution in [2.24, 2.45) is 0 Å². The van der Waals surface area contributed by atoms with Gasteiger partial charge in [-0.1, -0.05) is 30.3 Å². The first-order chi connectivity index (χ1) is 16.0. The summed E-state index contributed by atoms with van der Waals surface area (Å²) >= 11 is 0. The molecule has 0 spiro atoms. The zero-order valence-electron chi connectivity index (χ0n) is 17.9. The van der Waals surface area contributed by atoms with Crippen LogP contribution in [-0.4, -0.2) is 38.8 Å². The number of aromatic nitrogens is 2. The second-order valence-electron chi connectivity index (χ2n) is 7.83. The van der Waals surface area contributed by atoms with Gasteiger partial charge >= 0.3 is 6.03 Å². The fourth-order valence-corrected chi connectivity index (χ4v) is 3.99. The number of amides is 4. The number of benzene rings is 3. The van der Waals surface area contributed by atoms with E-state index in [-0.39, 0.29) is 24.9 Å². The van der Waals surface area contributed by atoms with Gasteiger partial charge in [-0.2, -0.15) is 0 Å². The third kappa shape index (κ3) is 3.94. The van der Waals surface area contributed by atoms with Crippen molar-refractivity contribution >= 4 is 34.6 Å². The SMILES string of the molecule is Cc1nc2cc(C(=O)Nc3cccc(CN4C(=O)CNC4=O)c3)ccc2n1-c1ccccc1. The molecule has 164 valence electrons. The van der Waals surface area contributed by atoms with Gasteiger partial charge in [-0.25, -0.2) is 9.78 Å². The predicted octanol–water partition coefficient (Wildman–Crippen LogP) is 3.64. The summed E-state index contributed by atoms with van der Waals surface area (Å²) in [6, 6.07) is 22.1. The Hall–Kier alpha value is -4.46. The van der Waals surface area contributed by atoms with Crippen molar-refractivity contribution in [3.05, 3.63) is 89.7 Å². The van der Waals surface area contributed by atoms with Gasteiger partial charge in [0.25, 0.3) is 5.91 Å². The normalized spacial score (nSPS) is 13.4. The van der Waals surface area contributed by atoms with Crippen molar-refractivity contribution in [1.29, 1.82) is 0 Å². The van der Waals surface area contributed by atoms with Gasteiger partial charge in [-0.3, -0.25) is 19.1 Å². The number of hydrogen-bond acceptors (Lipinski definition) is 4. The minimum Gasteiger partial charge on any atom is -0.329 e. The van der Waals surface area contributed by atoms with E-state index in [1.165, 1.54) is 0 Å². The van der Waals surface area contributed by atoms with Gasteiger partial charge < -0.3 is 10.6 Å². The summed E-state index contributed by atoms with van der Waals surface area (Å²) in [6.07, 6.45) is 0. The molecule has 2 N–H and O–H groups in total. The van der Waals surface area contributed by atoms with Crippen LogP contribution in [0.3, 0.4) is 0 Å². The number of imidazole rings is 1. The maximum absolute atomic E-state index is 12.9. The number of aryl methyl sites for hydroxylation is 1. The minimum atomic E-state index is -0.409. The number of urea groups is 1. The molecule has 0 unspecified atom stereocenters. The molecule has 0 bridgehead atoms. The first kappa shape index (κ1) is 20.4. The summed E-state index contributed by atoms with van der Waals surface area (Å²) in [4.78, 5) is 42.3. The van der Waals surface area contributed by atoms with Crippen LogP contribution in [0.1, 0.15) is 21.7 Å². The Morgan fingerprint density at radius 2 is 1.85 bits per heavy atom. The van der Waals surface area contributed by atoms with E-state index in [0.717, 1.165) is 33.0 Å². The molecule has 1 saturated heterocycles. The van der Waals surface area contributed by atoms with Crippen LogP contribution in [0, 0.1) is 6.92 Å².